The Morgan fingerprint density at radius 3 is 2.31 bits per heavy atom. The van der Waals surface area contributed by atoms with Crippen LogP contribution in [0.5, 0.6) is 0 Å². The Hall–Kier alpha value is -1.31. The molecule has 0 unspecified atom stereocenters. The largest absolute Gasteiger partial charge is 0.358 e. The summed E-state index contributed by atoms with van der Waals surface area (Å²) in [6.45, 7) is 0.736. The smallest absolute Gasteiger partial charge is 0.234 e. The van der Waals surface area contributed by atoms with E-state index in [0.29, 0.717) is 42.4 Å². The van der Waals surface area contributed by atoms with Gasteiger partial charge in [-0.05, 0) is 37.0 Å². The molecule has 0 radical (unpaired) electrons. The van der Waals surface area contributed by atoms with E-state index in [0.717, 1.165) is 5.56 Å². The molecule has 1 aliphatic rings. The molecule has 1 N–H and O–H groups in total. The van der Waals surface area contributed by atoms with E-state index in [2.05, 4.69) is 5.32 Å². The van der Waals surface area contributed by atoms with Gasteiger partial charge < -0.3 is 10.2 Å². The fourth-order valence-corrected chi connectivity index (χ4v) is 5.26. The fraction of sp³-hybridized carbons (Fsp3) is 0.529. The first-order valence-corrected chi connectivity index (χ1v) is 10.8. The van der Waals surface area contributed by atoms with Crippen molar-refractivity contribution < 1.29 is 18.0 Å². The number of carbonyl (C=O) groups is 2. The van der Waals surface area contributed by atoms with Gasteiger partial charge in [0, 0.05) is 36.6 Å². The van der Waals surface area contributed by atoms with Gasteiger partial charge in [0.2, 0.25) is 11.8 Å². The van der Waals surface area contributed by atoms with Crippen molar-refractivity contribution >= 4 is 44.9 Å². The predicted octanol–water partition coefficient (Wildman–Crippen LogP) is 2.08. The topological polar surface area (TPSA) is 83.6 Å². The van der Waals surface area contributed by atoms with E-state index in [1.54, 1.807) is 23.1 Å². The van der Waals surface area contributed by atoms with Crippen molar-refractivity contribution in [3.8, 4) is 0 Å². The van der Waals surface area contributed by atoms with Crippen LogP contribution in [0, 0.1) is 0 Å². The van der Waals surface area contributed by atoms with Crippen LogP contribution in [0.2, 0.25) is 10.0 Å². The molecule has 144 valence electrons. The van der Waals surface area contributed by atoms with Crippen molar-refractivity contribution in [3.05, 3.63) is 33.8 Å². The standard InChI is InChI=1S/C17H22Cl2N2O4S/c1-20-16(22)11-26(24,25)12-7-9-21(10-8-12)17(23)6-5-13-14(18)3-2-4-15(13)19/h2-4,12H,5-11H2,1H3,(H,20,22). The van der Waals surface area contributed by atoms with Crippen molar-refractivity contribution in [2.75, 3.05) is 25.9 Å². The maximum atomic E-state index is 12.4. The summed E-state index contributed by atoms with van der Waals surface area (Å²) in [5.74, 6) is -1.07. The second kappa shape index (κ2) is 9.06. The monoisotopic (exact) mass is 420 g/mol. The highest BCUT2D eigenvalue weighted by atomic mass is 35.5. The van der Waals surface area contributed by atoms with Crippen LogP contribution in [0.1, 0.15) is 24.8 Å². The number of carbonyl (C=O) groups excluding carboxylic acids is 2. The van der Waals surface area contributed by atoms with Crippen molar-refractivity contribution in [1.82, 2.24) is 10.2 Å². The van der Waals surface area contributed by atoms with Crippen LogP contribution in [0.15, 0.2) is 18.2 Å². The molecule has 0 bridgehead atoms. The zero-order valence-corrected chi connectivity index (χ0v) is 16.8. The van der Waals surface area contributed by atoms with E-state index in [4.69, 9.17) is 23.2 Å². The molecule has 0 aromatic heterocycles. The first kappa shape index (κ1) is 21.0. The van der Waals surface area contributed by atoms with E-state index >= 15 is 0 Å². The lowest BCUT2D eigenvalue weighted by molar-refractivity contribution is -0.132. The number of hydrogen-bond acceptors (Lipinski definition) is 4. The number of amides is 2. The molecule has 2 rings (SSSR count). The molecule has 26 heavy (non-hydrogen) atoms. The molecule has 1 aromatic rings. The Morgan fingerprint density at radius 2 is 1.77 bits per heavy atom. The van der Waals surface area contributed by atoms with Crippen LogP contribution in [-0.4, -0.2) is 56.3 Å². The summed E-state index contributed by atoms with van der Waals surface area (Å²) in [6.07, 6.45) is 1.39. The summed E-state index contributed by atoms with van der Waals surface area (Å²) in [5, 5.41) is 2.81. The van der Waals surface area contributed by atoms with Crippen LogP contribution in [0.25, 0.3) is 0 Å². The fourth-order valence-electron chi connectivity index (χ4n) is 3.00. The third-order valence-electron chi connectivity index (χ3n) is 4.56. The third-order valence-corrected chi connectivity index (χ3v) is 7.42. The third kappa shape index (κ3) is 5.34. The predicted molar refractivity (Wildman–Crippen MR) is 102 cm³/mol. The summed E-state index contributed by atoms with van der Waals surface area (Å²) in [7, 11) is -2.09. The Kier molecular flexibility index (Phi) is 7.32. The lowest BCUT2D eigenvalue weighted by atomic mass is 10.1. The Bertz CT molecular complexity index is 755. The number of rotatable bonds is 6. The highest BCUT2D eigenvalue weighted by Crippen LogP contribution is 2.26. The Balaban J connectivity index is 1.87. The molecule has 0 aliphatic carbocycles. The van der Waals surface area contributed by atoms with Gasteiger partial charge >= 0.3 is 0 Å². The van der Waals surface area contributed by atoms with Gasteiger partial charge in [-0.2, -0.15) is 0 Å². The average Bonchev–Trinajstić information content (AvgIpc) is 2.60. The molecule has 1 saturated heterocycles. The lowest BCUT2D eigenvalue weighted by Crippen LogP contribution is -2.44. The van der Waals surface area contributed by atoms with Crippen molar-refractivity contribution in [3.63, 3.8) is 0 Å². The molecule has 0 spiro atoms. The molecule has 6 nitrogen and oxygen atoms in total. The van der Waals surface area contributed by atoms with Gasteiger partial charge in [0.05, 0.1) is 5.25 Å². The number of nitrogens with one attached hydrogen (secondary N) is 1. The quantitative estimate of drug-likeness (QED) is 0.763. The van der Waals surface area contributed by atoms with E-state index in [-0.39, 0.29) is 12.3 Å². The molecular weight excluding hydrogens is 399 g/mol. The van der Waals surface area contributed by atoms with Crippen LogP contribution in [0.3, 0.4) is 0 Å². The highest BCUT2D eigenvalue weighted by molar-refractivity contribution is 7.92. The van der Waals surface area contributed by atoms with E-state index in [1.807, 2.05) is 0 Å². The minimum atomic E-state index is -3.50. The van der Waals surface area contributed by atoms with Gasteiger partial charge in [-0.1, -0.05) is 29.3 Å². The van der Waals surface area contributed by atoms with E-state index in [9.17, 15) is 18.0 Å². The van der Waals surface area contributed by atoms with Crippen LogP contribution in [-0.2, 0) is 25.8 Å². The Morgan fingerprint density at radius 1 is 1.19 bits per heavy atom. The van der Waals surface area contributed by atoms with Crippen molar-refractivity contribution in [1.29, 1.82) is 0 Å². The van der Waals surface area contributed by atoms with Crippen LogP contribution >= 0.6 is 23.2 Å². The second-order valence-corrected chi connectivity index (χ2v) is 9.36. The number of sulfone groups is 1. The molecule has 0 atom stereocenters. The van der Waals surface area contributed by atoms with Crippen LogP contribution in [0.4, 0.5) is 0 Å². The van der Waals surface area contributed by atoms with Crippen molar-refractivity contribution in [2.45, 2.75) is 30.9 Å². The summed E-state index contributed by atoms with van der Waals surface area (Å²) in [5.41, 5.74) is 0.743. The number of benzene rings is 1. The highest BCUT2D eigenvalue weighted by Gasteiger charge is 2.32. The van der Waals surface area contributed by atoms with Gasteiger partial charge in [0.1, 0.15) is 5.75 Å². The normalized spacial score (nSPS) is 15.7. The second-order valence-electron chi connectivity index (χ2n) is 6.26. The molecule has 2 amide bonds. The summed E-state index contributed by atoms with van der Waals surface area (Å²) in [6, 6.07) is 5.21. The summed E-state index contributed by atoms with van der Waals surface area (Å²) >= 11 is 12.2. The maximum Gasteiger partial charge on any atom is 0.234 e. The zero-order chi connectivity index (χ0) is 19.3. The Labute approximate surface area is 163 Å². The summed E-state index contributed by atoms with van der Waals surface area (Å²) < 4.78 is 24.4. The lowest BCUT2D eigenvalue weighted by Gasteiger charge is -2.31. The summed E-state index contributed by atoms with van der Waals surface area (Å²) in [4.78, 5) is 25.4. The molecular formula is C17H22Cl2N2O4S. The molecule has 0 saturated carbocycles. The minimum absolute atomic E-state index is 0.0527. The molecule has 1 heterocycles. The number of likely N-dealkylation sites (tertiary alicyclic amines) is 1. The zero-order valence-electron chi connectivity index (χ0n) is 14.5. The molecule has 1 aromatic carbocycles. The SMILES string of the molecule is CNC(=O)CS(=O)(=O)C1CCN(C(=O)CCc2c(Cl)cccc2Cl)CC1. The van der Waals surface area contributed by atoms with Gasteiger partial charge in [0.15, 0.2) is 9.84 Å². The van der Waals surface area contributed by atoms with E-state index < -0.39 is 26.7 Å². The minimum Gasteiger partial charge on any atom is -0.358 e. The number of hydrogen-bond donors (Lipinski definition) is 1. The van der Waals surface area contributed by atoms with Gasteiger partial charge in [-0.15, -0.1) is 0 Å². The molecule has 1 aliphatic heterocycles. The van der Waals surface area contributed by atoms with Gasteiger partial charge in [0.25, 0.3) is 0 Å². The van der Waals surface area contributed by atoms with Crippen molar-refractivity contribution in [2.24, 2.45) is 0 Å². The van der Waals surface area contributed by atoms with E-state index in [1.165, 1.54) is 7.05 Å². The maximum absolute atomic E-state index is 12.4. The number of nitrogens with zero attached hydrogens (tertiary/aromatic N) is 1. The molecule has 9 heteroatoms. The van der Waals surface area contributed by atoms with Crippen LogP contribution < -0.4 is 5.32 Å². The first-order chi connectivity index (χ1) is 12.2. The first-order valence-electron chi connectivity index (χ1n) is 8.37. The number of piperidine rings is 1. The number of halogens is 2. The van der Waals surface area contributed by atoms with Gasteiger partial charge in [-0.3, -0.25) is 9.59 Å². The molecule has 1 fully saturated rings. The average molecular weight is 421 g/mol. The van der Waals surface area contributed by atoms with Gasteiger partial charge in [-0.25, -0.2) is 8.42 Å².